The van der Waals surface area contributed by atoms with Crippen LogP contribution >= 0.6 is 0 Å². The van der Waals surface area contributed by atoms with Crippen LogP contribution in [0.5, 0.6) is 0 Å². The summed E-state index contributed by atoms with van der Waals surface area (Å²) in [6.45, 7) is 7.71. The number of likely N-dealkylation sites (tertiary alicyclic amines) is 2. The van der Waals surface area contributed by atoms with Crippen molar-refractivity contribution in [3.05, 3.63) is 53.3 Å². The van der Waals surface area contributed by atoms with E-state index in [9.17, 15) is 4.79 Å². The summed E-state index contributed by atoms with van der Waals surface area (Å²) in [6, 6.07) is 12.6. The van der Waals surface area contributed by atoms with E-state index in [-0.39, 0.29) is 11.3 Å². The highest BCUT2D eigenvalue weighted by Gasteiger charge is 2.53. The zero-order valence-electron chi connectivity index (χ0n) is 17.4. The van der Waals surface area contributed by atoms with Crippen LogP contribution in [0.15, 0.2) is 36.4 Å². The van der Waals surface area contributed by atoms with Gasteiger partial charge >= 0.3 is 0 Å². The van der Waals surface area contributed by atoms with Crippen molar-refractivity contribution >= 4 is 5.91 Å². The van der Waals surface area contributed by atoms with E-state index in [1.807, 2.05) is 24.9 Å². The molecule has 1 aromatic carbocycles. The van der Waals surface area contributed by atoms with Gasteiger partial charge in [0.05, 0.1) is 0 Å². The largest absolute Gasteiger partial charge is 0.336 e. The van der Waals surface area contributed by atoms with Gasteiger partial charge in [0.15, 0.2) is 5.69 Å². The molecule has 3 heterocycles. The Hall–Kier alpha value is -2.18. The molecular formula is C22H31N5O. The summed E-state index contributed by atoms with van der Waals surface area (Å²) in [5.74, 6) is 0.582. The van der Waals surface area contributed by atoms with Gasteiger partial charge in [-0.25, -0.2) is 0 Å². The summed E-state index contributed by atoms with van der Waals surface area (Å²) < 4.78 is 1.78. The molecule has 2 aliphatic heterocycles. The fourth-order valence-electron chi connectivity index (χ4n) is 5.09. The molecule has 4 rings (SSSR count). The van der Waals surface area contributed by atoms with Crippen LogP contribution in [0.3, 0.4) is 0 Å². The SMILES string of the molecule is Cc1cc(C(=O)N2C[C@H]3CN(Cc4ccccc4)C[C@@]3(CN(C)C)C2)nn1C. The van der Waals surface area contributed by atoms with Crippen LogP contribution in [0.2, 0.25) is 0 Å². The molecule has 0 saturated carbocycles. The molecule has 1 aromatic heterocycles. The molecule has 6 nitrogen and oxygen atoms in total. The van der Waals surface area contributed by atoms with E-state index in [0.717, 1.165) is 45.0 Å². The second kappa shape index (κ2) is 7.33. The predicted molar refractivity (Wildman–Crippen MR) is 110 cm³/mol. The van der Waals surface area contributed by atoms with E-state index >= 15 is 0 Å². The Labute approximate surface area is 167 Å². The summed E-state index contributed by atoms with van der Waals surface area (Å²) in [7, 11) is 6.16. The maximum atomic E-state index is 13.1. The van der Waals surface area contributed by atoms with Crippen molar-refractivity contribution in [1.29, 1.82) is 0 Å². The van der Waals surface area contributed by atoms with Gasteiger partial charge < -0.3 is 9.80 Å². The van der Waals surface area contributed by atoms with Crippen LogP contribution in [0.25, 0.3) is 0 Å². The van der Waals surface area contributed by atoms with E-state index in [0.29, 0.717) is 11.6 Å². The smallest absolute Gasteiger partial charge is 0.274 e. The molecule has 0 bridgehead atoms. The average Bonchev–Trinajstić information content (AvgIpc) is 3.25. The van der Waals surface area contributed by atoms with Crippen LogP contribution in [-0.2, 0) is 13.6 Å². The van der Waals surface area contributed by atoms with Gasteiger partial charge in [-0.05, 0) is 38.6 Å². The van der Waals surface area contributed by atoms with Crippen molar-refractivity contribution < 1.29 is 4.79 Å². The van der Waals surface area contributed by atoms with E-state index in [4.69, 9.17) is 0 Å². The molecular weight excluding hydrogens is 350 g/mol. The topological polar surface area (TPSA) is 44.6 Å². The number of rotatable bonds is 5. The number of fused-ring (bicyclic) bond motifs is 1. The number of hydrogen-bond acceptors (Lipinski definition) is 4. The summed E-state index contributed by atoms with van der Waals surface area (Å²) in [4.78, 5) is 19.9. The summed E-state index contributed by atoms with van der Waals surface area (Å²) in [6.07, 6.45) is 0. The second-order valence-corrected chi connectivity index (χ2v) is 8.93. The molecule has 150 valence electrons. The van der Waals surface area contributed by atoms with Gasteiger partial charge in [-0.2, -0.15) is 5.10 Å². The summed E-state index contributed by atoms with van der Waals surface area (Å²) in [5.41, 5.74) is 3.08. The Morgan fingerprint density at radius 3 is 2.61 bits per heavy atom. The number of carbonyl (C=O) groups excluding carboxylic acids is 1. The first-order valence-electron chi connectivity index (χ1n) is 10.1. The fourth-order valence-corrected chi connectivity index (χ4v) is 5.09. The predicted octanol–water partition coefficient (Wildman–Crippen LogP) is 1.86. The van der Waals surface area contributed by atoms with Gasteiger partial charge in [0, 0.05) is 57.4 Å². The van der Waals surface area contributed by atoms with Crippen molar-refractivity contribution in [1.82, 2.24) is 24.5 Å². The van der Waals surface area contributed by atoms with Crippen molar-refractivity contribution in [2.75, 3.05) is 46.8 Å². The third-order valence-electron chi connectivity index (χ3n) is 6.33. The van der Waals surface area contributed by atoms with E-state index in [1.165, 1.54) is 5.56 Å². The standard InChI is InChI=1S/C22H31N5O/c1-17-10-20(23-25(17)4)21(28)27-13-19-12-26(11-18-8-6-5-7-9-18)15-22(19,16-27)14-24(2)3/h5-10,19H,11-16H2,1-4H3/t19-,22+/m1/s1. The third kappa shape index (κ3) is 3.59. The van der Waals surface area contributed by atoms with Crippen LogP contribution in [0.4, 0.5) is 0 Å². The monoisotopic (exact) mass is 381 g/mol. The summed E-state index contributed by atoms with van der Waals surface area (Å²) in [5, 5.41) is 4.41. The molecule has 0 N–H and O–H groups in total. The van der Waals surface area contributed by atoms with Gasteiger partial charge in [0.2, 0.25) is 0 Å². The molecule has 2 aliphatic rings. The Kier molecular flexibility index (Phi) is 5.02. The lowest BCUT2D eigenvalue weighted by molar-refractivity contribution is 0.0741. The zero-order chi connectivity index (χ0) is 19.9. The molecule has 2 atom stereocenters. The van der Waals surface area contributed by atoms with Crippen LogP contribution in [0, 0.1) is 18.3 Å². The first-order valence-corrected chi connectivity index (χ1v) is 10.1. The highest BCUT2D eigenvalue weighted by atomic mass is 16.2. The number of hydrogen-bond donors (Lipinski definition) is 0. The minimum Gasteiger partial charge on any atom is -0.336 e. The van der Waals surface area contributed by atoms with Crippen molar-refractivity contribution in [3.63, 3.8) is 0 Å². The van der Waals surface area contributed by atoms with Gasteiger partial charge in [0.1, 0.15) is 0 Å². The van der Waals surface area contributed by atoms with Gasteiger partial charge in [-0.15, -0.1) is 0 Å². The Bertz CT molecular complexity index is 826. The van der Waals surface area contributed by atoms with E-state index < -0.39 is 0 Å². The Morgan fingerprint density at radius 1 is 1.21 bits per heavy atom. The molecule has 0 radical (unpaired) electrons. The lowest BCUT2D eigenvalue weighted by Gasteiger charge is -2.32. The number of carbonyl (C=O) groups is 1. The maximum Gasteiger partial charge on any atom is 0.274 e. The molecule has 2 fully saturated rings. The fraction of sp³-hybridized carbons (Fsp3) is 0.545. The minimum atomic E-state index is 0.0749. The number of nitrogens with zero attached hydrogens (tertiary/aromatic N) is 5. The summed E-state index contributed by atoms with van der Waals surface area (Å²) >= 11 is 0. The van der Waals surface area contributed by atoms with Gasteiger partial charge in [-0.3, -0.25) is 14.4 Å². The average molecular weight is 382 g/mol. The molecule has 1 amide bonds. The molecule has 0 aliphatic carbocycles. The van der Waals surface area contributed by atoms with Crippen LogP contribution in [0.1, 0.15) is 21.7 Å². The second-order valence-electron chi connectivity index (χ2n) is 8.93. The lowest BCUT2D eigenvalue weighted by Crippen LogP contribution is -2.42. The Morgan fingerprint density at radius 2 is 1.96 bits per heavy atom. The number of amides is 1. The normalized spacial score (nSPS) is 24.9. The number of aryl methyl sites for hydroxylation is 2. The number of benzene rings is 1. The quantitative estimate of drug-likeness (QED) is 0.793. The third-order valence-corrected chi connectivity index (χ3v) is 6.33. The van der Waals surface area contributed by atoms with Crippen molar-refractivity contribution in [2.45, 2.75) is 13.5 Å². The molecule has 2 aromatic rings. The molecule has 28 heavy (non-hydrogen) atoms. The first-order chi connectivity index (χ1) is 13.4. The molecule has 2 saturated heterocycles. The number of aromatic nitrogens is 2. The zero-order valence-corrected chi connectivity index (χ0v) is 17.4. The molecule has 6 heteroatoms. The van der Waals surface area contributed by atoms with Gasteiger partial charge in [0.25, 0.3) is 5.91 Å². The lowest BCUT2D eigenvalue weighted by atomic mass is 9.80. The van der Waals surface area contributed by atoms with Crippen LogP contribution in [-0.4, -0.2) is 77.2 Å². The first kappa shape index (κ1) is 19.2. The maximum absolute atomic E-state index is 13.1. The van der Waals surface area contributed by atoms with E-state index in [1.54, 1.807) is 4.68 Å². The van der Waals surface area contributed by atoms with Gasteiger partial charge in [-0.1, -0.05) is 30.3 Å². The van der Waals surface area contributed by atoms with Crippen molar-refractivity contribution in [2.24, 2.45) is 18.4 Å². The molecule has 0 unspecified atom stereocenters. The highest BCUT2D eigenvalue weighted by molar-refractivity contribution is 5.92. The Balaban J connectivity index is 1.50. The van der Waals surface area contributed by atoms with E-state index in [2.05, 4.69) is 59.3 Å². The highest BCUT2D eigenvalue weighted by Crippen LogP contribution is 2.43. The molecule has 0 spiro atoms. The minimum absolute atomic E-state index is 0.0749. The van der Waals surface area contributed by atoms with Crippen LogP contribution < -0.4 is 0 Å². The van der Waals surface area contributed by atoms with Crippen molar-refractivity contribution in [3.8, 4) is 0 Å².